The van der Waals surface area contributed by atoms with Gasteiger partial charge in [-0.2, -0.15) is 5.10 Å². The number of rotatable bonds is 3. The van der Waals surface area contributed by atoms with Gasteiger partial charge in [-0.1, -0.05) is 11.6 Å². The van der Waals surface area contributed by atoms with Crippen LogP contribution >= 0.6 is 22.9 Å². The van der Waals surface area contributed by atoms with Crippen LogP contribution in [-0.2, 0) is 0 Å². The van der Waals surface area contributed by atoms with Gasteiger partial charge < -0.3 is 5.11 Å². The van der Waals surface area contributed by atoms with Crippen molar-refractivity contribution in [1.29, 1.82) is 0 Å². The normalized spacial score (nSPS) is 10.8. The van der Waals surface area contributed by atoms with E-state index in [2.05, 4.69) is 5.10 Å². The summed E-state index contributed by atoms with van der Waals surface area (Å²) in [4.78, 5) is 13.4. The van der Waals surface area contributed by atoms with Gasteiger partial charge in [-0.25, -0.2) is 9.48 Å². The maximum atomic E-state index is 11.4. The van der Waals surface area contributed by atoms with Gasteiger partial charge in [0.25, 0.3) is 0 Å². The van der Waals surface area contributed by atoms with E-state index >= 15 is 0 Å². The number of halogens is 1. The molecule has 0 amide bonds. The molecule has 3 rings (SSSR count). The Labute approximate surface area is 130 Å². The number of carboxylic acids is 1. The Morgan fingerprint density at radius 1 is 1.24 bits per heavy atom. The summed E-state index contributed by atoms with van der Waals surface area (Å²) in [6.45, 7) is 1.98. The number of hydrogen-bond donors (Lipinski definition) is 1. The summed E-state index contributed by atoms with van der Waals surface area (Å²) in [6.07, 6.45) is 1.52. The third-order valence-corrected chi connectivity index (χ3v) is 4.27. The maximum absolute atomic E-state index is 11.4. The van der Waals surface area contributed by atoms with Crippen LogP contribution in [0.1, 0.15) is 15.2 Å². The van der Waals surface area contributed by atoms with E-state index in [9.17, 15) is 9.90 Å². The molecular formula is C15H11ClN2O2S. The molecule has 0 radical (unpaired) electrons. The first-order valence-electron chi connectivity index (χ1n) is 6.20. The van der Waals surface area contributed by atoms with Gasteiger partial charge >= 0.3 is 5.97 Å². The van der Waals surface area contributed by atoms with E-state index in [0.29, 0.717) is 10.7 Å². The van der Waals surface area contributed by atoms with Crippen LogP contribution in [0.5, 0.6) is 0 Å². The zero-order chi connectivity index (χ0) is 15.0. The number of carboxylic acid groups (broad SMARTS) is 1. The Morgan fingerprint density at radius 2 is 1.95 bits per heavy atom. The highest BCUT2D eigenvalue weighted by Gasteiger charge is 2.18. The van der Waals surface area contributed by atoms with Gasteiger partial charge in [-0.15, -0.1) is 11.3 Å². The fourth-order valence-electron chi connectivity index (χ4n) is 2.00. The van der Waals surface area contributed by atoms with Gasteiger partial charge in [0.2, 0.25) is 0 Å². The molecule has 6 heteroatoms. The van der Waals surface area contributed by atoms with Crippen molar-refractivity contribution in [3.8, 4) is 16.3 Å². The molecule has 0 unspecified atom stereocenters. The number of carbonyl (C=O) groups is 1. The fraction of sp³-hybridized carbons (Fsp3) is 0.0667. The molecule has 2 aromatic heterocycles. The van der Waals surface area contributed by atoms with Gasteiger partial charge in [-0.05, 0) is 43.3 Å². The summed E-state index contributed by atoms with van der Waals surface area (Å²) in [5.41, 5.74) is 1.43. The van der Waals surface area contributed by atoms with E-state index in [1.165, 1.54) is 17.5 Å². The lowest BCUT2D eigenvalue weighted by Gasteiger charge is -2.00. The Bertz CT molecular complexity index is 805. The Balaban J connectivity index is 2.12. The van der Waals surface area contributed by atoms with Crippen molar-refractivity contribution in [2.45, 2.75) is 6.92 Å². The average molecular weight is 319 g/mol. The summed E-state index contributed by atoms with van der Waals surface area (Å²) < 4.78 is 1.56. The Hall–Kier alpha value is -2.11. The molecule has 0 aliphatic heterocycles. The summed E-state index contributed by atoms with van der Waals surface area (Å²) in [5, 5.41) is 14.4. The molecule has 4 nitrogen and oxygen atoms in total. The van der Waals surface area contributed by atoms with E-state index in [-0.39, 0.29) is 5.56 Å². The molecule has 3 aromatic rings. The molecule has 0 saturated carbocycles. The quantitative estimate of drug-likeness (QED) is 0.785. The maximum Gasteiger partial charge on any atom is 0.339 e. The standard InChI is InChI=1S/C15H11ClN2O2S/c1-9-2-7-13(21-9)14-12(15(19)20)8-18(17-14)11-5-3-10(16)4-6-11/h2-8H,1H3,(H,19,20). The number of hydrogen-bond acceptors (Lipinski definition) is 3. The van der Waals surface area contributed by atoms with Crippen molar-refractivity contribution in [1.82, 2.24) is 9.78 Å². The van der Waals surface area contributed by atoms with Crippen molar-refractivity contribution in [2.24, 2.45) is 0 Å². The SMILES string of the molecule is Cc1ccc(-c2nn(-c3ccc(Cl)cc3)cc2C(=O)O)s1. The molecule has 0 atom stereocenters. The van der Waals surface area contributed by atoms with E-state index in [1.807, 2.05) is 19.1 Å². The van der Waals surface area contributed by atoms with Gasteiger partial charge in [0, 0.05) is 16.1 Å². The predicted molar refractivity (Wildman–Crippen MR) is 83.6 cm³/mol. The summed E-state index contributed by atoms with van der Waals surface area (Å²) in [7, 11) is 0. The predicted octanol–water partition coefficient (Wildman–Crippen LogP) is 4.26. The first kappa shape index (κ1) is 13.9. The third-order valence-electron chi connectivity index (χ3n) is 3.01. The number of thiophene rings is 1. The van der Waals surface area contributed by atoms with E-state index in [0.717, 1.165) is 15.4 Å². The highest BCUT2D eigenvalue weighted by Crippen LogP contribution is 2.30. The van der Waals surface area contributed by atoms with E-state index in [1.54, 1.807) is 28.9 Å². The van der Waals surface area contributed by atoms with Crippen LogP contribution in [0.15, 0.2) is 42.6 Å². The monoisotopic (exact) mass is 318 g/mol. The lowest BCUT2D eigenvalue weighted by Crippen LogP contribution is -1.96. The van der Waals surface area contributed by atoms with Crippen LogP contribution in [0.2, 0.25) is 5.02 Å². The van der Waals surface area contributed by atoms with Gasteiger partial charge in [0.15, 0.2) is 0 Å². The topological polar surface area (TPSA) is 55.1 Å². The molecular weight excluding hydrogens is 308 g/mol. The number of aromatic nitrogens is 2. The average Bonchev–Trinajstić information content (AvgIpc) is 3.05. The number of benzene rings is 1. The molecule has 0 fully saturated rings. The first-order chi connectivity index (χ1) is 10.0. The van der Waals surface area contributed by atoms with Crippen LogP contribution < -0.4 is 0 Å². The second kappa shape index (κ2) is 5.35. The highest BCUT2D eigenvalue weighted by atomic mass is 35.5. The Kier molecular flexibility index (Phi) is 3.53. The molecule has 0 aliphatic carbocycles. The van der Waals surface area contributed by atoms with Crippen LogP contribution in [0.3, 0.4) is 0 Å². The van der Waals surface area contributed by atoms with Crippen molar-refractivity contribution in [2.75, 3.05) is 0 Å². The van der Waals surface area contributed by atoms with Gasteiger partial charge in [0.1, 0.15) is 11.3 Å². The van der Waals surface area contributed by atoms with Crippen LogP contribution in [0, 0.1) is 6.92 Å². The second-order valence-electron chi connectivity index (χ2n) is 4.53. The molecule has 1 N–H and O–H groups in total. The number of aromatic carboxylic acids is 1. The Morgan fingerprint density at radius 3 is 2.52 bits per heavy atom. The molecule has 21 heavy (non-hydrogen) atoms. The number of aryl methyl sites for hydroxylation is 1. The lowest BCUT2D eigenvalue weighted by molar-refractivity contribution is 0.0697. The number of nitrogens with zero attached hydrogens (tertiary/aromatic N) is 2. The van der Waals surface area contributed by atoms with Crippen LogP contribution in [0.25, 0.3) is 16.3 Å². The van der Waals surface area contributed by atoms with Gasteiger partial charge in [0.05, 0.1) is 10.6 Å². The molecule has 1 aromatic carbocycles. The zero-order valence-electron chi connectivity index (χ0n) is 11.1. The molecule has 0 aliphatic rings. The smallest absolute Gasteiger partial charge is 0.339 e. The molecule has 0 saturated heterocycles. The van der Waals surface area contributed by atoms with Crippen molar-refractivity contribution >= 4 is 28.9 Å². The fourth-order valence-corrected chi connectivity index (χ4v) is 2.99. The van der Waals surface area contributed by atoms with Gasteiger partial charge in [-0.3, -0.25) is 0 Å². The molecule has 0 spiro atoms. The minimum absolute atomic E-state index is 0.187. The van der Waals surface area contributed by atoms with Crippen molar-refractivity contribution in [3.63, 3.8) is 0 Å². The van der Waals surface area contributed by atoms with Crippen molar-refractivity contribution in [3.05, 3.63) is 58.1 Å². The van der Waals surface area contributed by atoms with E-state index < -0.39 is 5.97 Å². The zero-order valence-corrected chi connectivity index (χ0v) is 12.6. The van der Waals surface area contributed by atoms with Crippen LogP contribution in [0.4, 0.5) is 0 Å². The lowest BCUT2D eigenvalue weighted by atomic mass is 10.2. The van der Waals surface area contributed by atoms with Crippen LogP contribution in [-0.4, -0.2) is 20.9 Å². The second-order valence-corrected chi connectivity index (χ2v) is 6.25. The first-order valence-corrected chi connectivity index (χ1v) is 7.40. The molecule has 106 valence electrons. The minimum Gasteiger partial charge on any atom is -0.478 e. The molecule has 0 bridgehead atoms. The summed E-state index contributed by atoms with van der Waals surface area (Å²) in [5.74, 6) is -0.990. The highest BCUT2D eigenvalue weighted by molar-refractivity contribution is 7.15. The largest absolute Gasteiger partial charge is 0.478 e. The third kappa shape index (κ3) is 2.70. The molecule has 2 heterocycles. The van der Waals surface area contributed by atoms with E-state index in [4.69, 9.17) is 11.6 Å². The minimum atomic E-state index is -0.990. The summed E-state index contributed by atoms with van der Waals surface area (Å²) in [6, 6.07) is 10.9. The van der Waals surface area contributed by atoms with Crippen molar-refractivity contribution < 1.29 is 9.90 Å². The summed E-state index contributed by atoms with van der Waals surface area (Å²) >= 11 is 7.39.